The van der Waals surface area contributed by atoms with Crippen LogP contribution in [0.4, 0.5) is 0 Å². The molecule has 0 aromatic heterocycles. The minimum atomic E-state index is 0.293. The van der Waals surface area contributed by atoms with Gasteiger partial charge in [0.1, 0.15) is 0 Å². The minimum Gasteiger partial charge on any atom is -0.328 e. The van der Waals surface area contributed by atoms with E-state index in [-0.39, 0.29) is 0 Å². The van der Waals surface area contributed by atoms with Crippen LogP contribution in [0.25, 0.3) is 0 Å². The fraction of sp³-hybridized carbons (Fsp3) is 0.455. The summed E-state index contributed by atoms with van der Waals surface area (Å²) in [6.07, 6.45) is 1.20. The molecule has 1 aliphatic carbocycles. The molecule has 0 radical (unpaired) electrons. The van der Waals surface area contributed by atoms with Gasteiger partial charge in [-0.1, -0.05) is 29.8 Å². The van der Waals surface area contributed by atoms with E-state index in [1.165, 1.54) is 12.0 Å². The molecule has 2 N–H and O–H groups in total. The van der Waals surface area contributed by atoms with Crippen LogP contribution in [0.2, 0.25) is 5.02 Å². The van der Waals surface area contributed by atoms with Crippen LogP contribution < -0.4 is 5.73 Å². The zero-order chi connectivity index (χ0) is 9.42. The van der Waals surface area contributed by atoms with Crippen molar-refractivity contribution in [1.82, 2.24) is 0 Å². The van der Waals surface area contributed by atoms with Crippen molar-refractivity contribution in [3.8, 4) is 0 Å². The second kappa shape index (κ2) is 3.32. The van der Waals surface area contributed by atoms with Gasteiger partial charge in [-0.25, -0.2) is 0 Å². The molecule has 0 heterocycles. The molecule has 70 valence electrons. The summed E-state index contributed by atoms with van der Waals surface area (Å²) in [5.74, 6) is 1.24. The fourth-order valence-electron chi connectivity index (χ4n) is 1.93. The molecule has 1 saturated carbocycles. The Hall–Kier alpha value is -0.530. The van der Waals surface area contributed by atoms with Gasteiger partial charge in [0.05, 0.1) is 0 Å². The van der Waals surface area contributed by atoms with Crippen LogP contribution in [0.15, 0.2) is 24.3 Å². The van der Waals surface area contributed by atoms with Crippen molar-refractivity contribution in [1.29, 1.82) is 0 Å². The molecule has 0 spiro atoms. The molecule has 1 fully saturated rings. The molecule has 2 rings (SSSR count). The van der Waals surface area contributed by atoms with Crippen LogP contribution in [0.5, 0.6) is 0 Å². The summed E-state index contributed by atoms with van der Waals surface area (Å²) in [4.78, 5) is 0. The van der Waals surface area contributed by atoms with Gasteiger partial charge in [-0.15, -0.1) is 0 Å². The fourth-order valence-corrected chi connectivity index (χ4v) is 2.21. The molecule has 1 aromatic carbocycles. The van der Waals surface area contributed by atoms with E-state index in [0.29, 0.717) is 17.9 Å². The first kappa shape index (κ1) is 9.04. The van der Waals surface area contributed by atoms with Gasteiger partial charge in [0.15, 0.2) is 0 Å². The topological polar surface area (TPSA) is 26.0 Å². The van der Waals surface area contributed by atoms with Gasteiger partial charge in [0.2, 0.25) is 0 Å². The largest absolute Gasteiger partial charge is 0.328 e. The highest BCUT2D eigenvalue weighted by atomic mass is 35.5. The van der Waals surface area contributed by atoms with E-state index in [1.54, 1.807) is 0 Å². The quantitative estimate of drug-likeness (QED) is 0.772. The minimum absolute atomic E-state index is 0.293. The van der Waals surface area contributed by atoms with E-state index in [0.717, 1.165) is 5.02 Å². The smallest absolute Gasteiger partial charge is 0.0440 e. The number of hydrogen-bond donors (Lipinski definition) is 1. The lowest BCUT2D eigenvalue weighted by Crippen LogP contribution is -2.17. The van der Waals surface area contributed by atoms with Crippen molar-refractivity contribution in [2.24, 2.45) is 11.7 Å². The van der Waals surface area contributed by atoms with Crippen LogP contribution in [-0.2, 0) is 0 Å². The van der Waals surface area contributed by atoms with E-state index in [9.17, 15) is 0 Å². The van der Waals surface area contributed by atoms with Crippen molar-refractivity contribution in [2.75, 3.05) is 0 Å². The Labute approximate surface area is 83.9 Å². The van der Waals surface area contributed by atoms with Crippen molar-refractivity contribution < 1.29 is 0 Å². The van der Waals surface area contributed by atoms with E-state index >= 15 is 0 Å². The average molecular weight is 196 g/mol. The lowest BCUT2D eigenvalue weighted by Gasteiger charge is -2.05. The first-order chi connectivity index (χ1) is 6.20. The van der Waals surface area contributed by atoms with Crippen LogP contribution in [0, 0.1) is 5.92 Å². The highest BCUT2D eigenvalue weighted by Crippen LogP contribution is 2.50. The molecular weight excluding hydrogens is 182 g/mol. The molecule has 1 nitrogen and oxygen atoms in total. The Morgan fingerprint density at radius 2 is 2.15 bits per heavy atom. The lowest BCUT2D eigenvalue weighted by atomic mass is 10.1. The van der Waals surface area contributed by atoms with Crippen LogP contribution in [-0.4, -0.2) is 6.04 Å². The van der Waals surface area contributed by atoms with Gasteiger partial charge in [-0.05, 0) is 36.8 Å². The van der Waals surface area contributed by atoms with Crippen LogP contribution in [0.1, 0.15) is 24.8 Å². The van der Waals surface area contributed by atoms with Gasteiger partial charge in [-0.2, -0.15) is 0 Å². The van der Waals surface area contributed by atoms with Crippen molar-refractivity contribution in [3.05, 3.63) is 34.9 Å². The van der Waals surface area contributed by atoms with Crippen molar-refractivity contribution >= 4 is 11.6 Å². The molecule has 13 heavy (non-hydrogen) atoms. The average Bonchev–Trinajstić information content (AvgIpc) is 2.84. The van der Waals surface area contributed by atoms with E-state index in [4.69, 9.17) is 17.3 Å². The number of benzene rings is 1. The highest BCUT2D eigenvalue weighted by molar-refractivity contribution is 6.31. The first-order valence-corrected chi connectivity index (χ1v) is 5.08. The lowest BCUT2D eigenvalue weighted by molar-refractivity contribution is 0.632. The maximum absolute atomic E-state index is 6.09. The maximum Gasteiger partial charge on any atom is 0.0440 e. The Bertz CT molecular complexity index is 309. The molecule has 1 aromatic rings. The standard InChI is InChI=1S/C11H14ClN/c1-7(13)9-6-10(9)8-4-2-3-5-11(8)12/h2-5,7,9-10H,6,13H2,1H3/t7-,9+,10-/m0/s1. The van der Waals surface area contributed by atoms with Gasteiger partial charge in [0, 0.05) is 11.1 Å². The van der Waals surface area contributed by atoms with Crippen LogP contribution in [0.3, 0.4) is 0 Å². The summed E-state index contributed by atoms with van der Waals surface area (Å²) >= 11 is 6.09. The monoisotopic (exact) mass is 195 g/mol. The number of nitrogens with two attached hydrogens (primary N) is 1. The summed E-state index contributed by atoms with van der Waals surface area (Å²) < 4.78 is 0. The Balaban J connectivity index is 2.16. The number of halogens is 1. The summed E-state index contributed by atoms with van der Waals surface area (Å²) in [5, 5.41) is 0.885. The zero-order valence-corrected chi connectivity index (χ0v) is 8.46. The van der Waals surface area contributed by atoms with E-state index in [2.05, 4.69) is 13.0 Å². The van der Waals surface area contributed by atoms with Crippen molar-refractivity contribution in [2.45, 2.75) is 25.3 Å². The second-order valence-corrected chi connectivity index (χ2v) is 4.29. The van der Waals surface area contributed by atoms with Crippen LogP contribution >= 0.6 is 11.6 Å². The summed E-state index contributed by atoms with van der Waals surface area (Å²) in [6.45, 7) is 2.07. The molecule has 3 atom stereocenters. The van der Waals surface area contributed by atoms with E-state index in [1.807, 2.05) is 18.2 Å². The molecule has 1 aliphatic rings. The molecule has 0 saturated heterocycles. The van der Waals surface area contributed by atoms with Gasteiger partial charge in [0.25, 0.3) is 0 Å². The number of hydrogen-bond acceptors (Lipinski definition) is 1. The molecule has 0 aliphatic heterocycles. The molecule has 0 unspecified atom stereocenters. The Kier molecular flexibility index (Phi) is 2.31. The predicted octanol–water partition coefficient (Wildman–Crippen LogP) is 2.79. The second-order valence-electron chi connectivity index (χ2n) is 3.89. The first-order valence-electron chi connectivity index (χ1n) is 4.70. The summed E-state index contributed by atoms with van der Waals surface area (Å²) in [5.41, 5.74) is 7.10. The third-order valence-corrected chi connectivity index (χ3v) is 3.16. The SMILES string of the molecule is C[C@H](N)[C@H]1C[C@H]1c1ccccc1Cl. The Morgan fingerprint density at radius 3 is 2.69 bits per heavy atom. The molecule has 0 amide bonds. The third-order valence-electron chi connectivity index (χ3n) is 2.82. The van der Waals surface area contributed by atoms with Gasteiger partial charge >= 0.3 is 0 Å². The molecular formula is C11H14ClN. The predicted molar refractivity (Wildman–Crippen MR) is 55.9 cm³/mol. The summed E-state index contributed by atoms with van der Waals surface area (Å²) in [6, 6.07) is 8.36. The van der Waals surface area contributed by atoms with Crippen molar-refractivity contribution in [3.63, 3.8) is 0 Å². The summed E-state index contributed by atoms with van der Waals surface area (Å²) in [7, 11) is 0. The Morgan fingerprint density at radius 1 is 1.46 bits per heavy atom. The van der Waals surface area contributed by atoms with E-state index < -0.39 is 0 Å². The maximum atomic E-state index is 6.09. The number of rotatable bonds is 2. The zero-order valence-electron chi connectivity index (χ0n) is 7.70. The van der Waals surface area contributed by atoms with Gasteiger partial charge < -0.3 is 5.73 Å². The molecule has 0 bridgehead atoms. The molecule has 2 heteroatoms. The van der Waals surface area contributed by atoms with Gasteiger partial charge in [-0.3, -0.25) is 0 Å². The normalized spacial score (nSPS) is 28.5. The highest BCUT2D eigenvalue weighted by Gasteiger charge is 2.41. The third kappa shape index (κ3) is 1.72.